The van der Waals surface area contributed by atoms with Crippen LogP contribution < -0.4 is 10.5 Å². The molecule has 0 fully saturated rings. The van der Waals surface area contributed by atoms with Gasteiger partial charge in [-0.1, -0.05) is 54.7 Å². The van der Waals surface area contributed by atoms with Gasteiger partial charge in [-0.3, -0.25) is 0 Å². The molecule has 0 aliphatic carbocycles. The zero-order valence-electron chi connectivity index (χ0n) is 10.4. The Bertz CT molecular complexity index is 567. The van der Waals surface area contributed by atoms with Crippen LogP contribution in [0.3, 0.4) is 0 Å². The lowest BCUT2D eigenvalue weighted by molar-refractivity contribution is 0.259. The summed E-state index contributed by atoms with van der Waals surface area (Å²) in [6, 6.07) is 15.0. The highest BCUT2D eigenvalue weighted by Crippen LogP contribution is 2.19. The predicted octanol–water partition coefficient (Wildman–Crippen LogP) is 2.39. The Hall–Kier alpha value is -1.91. The summed E-state index contributed by atoms with van der Waals surface area (Å²) in [4.78, 5) is 0.387. The van der Waals surface area contributed by atoms with Crippen molar-refractivity contribution in [3.05, 3.63) is 65.2 Å². The molecule has 2 aromatic rings. The Balaban J connectivity index is 2.04. The van der Waals surface area contributed by atoms with Crippen LogP contribution in [0.5, 0.6) is 5.75 Å². The number of nitrogens with two attached hydrogens (primary N) is 1. The molecule has 3 nitrogen and oxygen atoms in total. The van der Waals surface area contributed by atoms with Crippen molar-refractivity contribution in [3.63, 3.8) is 0 Å². The molecule has 0 atom stereocenters. The smallest absolute Gasteiger partial charge is 0.125 e. The first-order valence-electron chi connectivity index (χ1n) is 5.91. The van der Waals surface area contributed by atoms with Crippen molar-refractivity contribution in [2.75, 3.05) is 0 Å². The number of thiocarbonyl (C=S) groups is 1. The molecule has 0 saturated heterocycles. The van der Waals surface area contributed by atoms with Crippen LogP contribution in [0.4, 0.5) is 0 Å². The number of rotatable bonds is 5. The SMILES string of the molecule is NC(=S)c1ccc(COc2ccccc2CO)cc1. The van der Waals surface area contributed by atoms with E-state index in [2.05, 4.69) is 0 Å². The molecule has 19 heavy (non-hydrogen) atoms. The minimum Gasteiger partial charge on any atom is -0.489 e. The minimum atomic E-state index is -0.0312. The topological polar surface area (TPSA) is 55.5 Å². The van der Waals surface area contributed by atoms with Gasteiger partial charge in [0.05, 0.1) is 6.61 Å². The van der Waals surface area contributed by atoms with Gasteiger partial charge in [0.25, 0.3) is 0 Å². The van der Waals surface area contributed by atoms with Crippen LogP contribution in [-0.4, -0.2) is 10.1 Å². The summed E-state index contributed by atoms with van der Waals surface area (Å²) >= 11 is 4.90. The molecule has 98 valence electrons. The Kier molecular flexibility index (Phi) is 4.49. The van der Waals surface area contributed by atoms with E-state index in [-0.39, 0.29) is 6.61 Å². The van der Waals surface area contributed by atoms with Crippen LogP contribution in [0.15, 0.2) is 48.5 Å². The fourth-order valence-electron chi connectivity index (χ4n) is 1.70. The first-order valence-corrected chi connectivity index (χ1v) is 6.32. The van der Waals surface area contributed by atoms with E-state index in [0.717, 1.165) is 16.7 Å². The van der Waals surface area contributed by atoms with Crippen molar-refractivity contribution >= 4 is 17.2 Å². The molecule has 0 saturated carbocycles. The number of para-hydroxylation sites is 1. The second kappa shape index (κ2) is 6.31. The average Bonchev–Trinajstić information content (AvgIpc) is 2.45. The quantitative estimate of drug-likeness (QED) is 0.821. The third kappa shape index (κ3) is 3.53. The molecule has 3 N–H and O–H groups in total. The van der Waals surface area contributed by atoms with Crippen LogP contribution in [-0.2, 0) is 13.2 Å². The third-order valence-corrected chi connectivity index (χ3v) is 3.01. The average molecular weight is 273 g/mol. The van der Waals surface area contributed by atoms with Gasteiger partial charge in [-0.15, -0.1) is 0 Å². The van der Waals surface area contributed by atoms with Gasteiger partial charge in [-0.25, -0.2) is 0 Å². The Morgan fingerprint density at radius 2 is 1.79 bits per heavy atom. The fourth-order valence-corrected chi connectivity index (χ4v) is 1.84. The van der Waals surface area contributed by atoms with Crippen molar-refractivity contribution in [3.8, 4) is 5.75 Å². The number of aliphatic hydroxyl groups is 1. The summed E-state index contributed by atoms with van der Waals surface area (Å²) in [5.74, 6) is 0.698. The number of aliphatic hydroxyl groups excluding tert-OH is 1. The summed E-state index contributed by atoms with van der Waals surface area (Å²) in [7, 11) is 0. The molecule has 0 aliphatic heterocycles. The lowest BCUT2D eigenvalue weighted by Crippen LogP contribution is -2.09. The van der Waals surface area contributed by atoms with E-state index in [0.29, 0.717) is 17.3 Å². The molecule has 0 aliphatic rings. The Morgan fingerprint density at radius 1 is 1.11 bits per heavy atom. The van der Waals surface area contributed by atoms with E-state index >= 15 is 0 Å². The maximum Gasteiger partial charge on any atom is 0.125 e. The van der Waals surface area contributed by atoms with E-state index in [1.165, 1.54) is 0 Å². The number of benzene rings is 2. The van der Waals surface area contributed by atoms with Crippen LogP contribution in [0.2, 0.25) is 0 Å². The van der Waals surface area contributed by atoms with E-state index < -0.39 is 0 Å². The van der Waals surface area contributed by atoms with Crippen LogP contribution in [0, 0.1) is 0 Å². The van der Waals surface area contributed by atoms with Gasteiger partial charge in [0.15, 0.2) is 0 Å². The molecule has 2 aromatic carbocycles. The molecular formula is C15H15NO2S. The molecule has 0 spiro atoms. The molecule has 0 bridgehead atoms. The lowest BCUT2D eigenvalue weighted by atomic mass is 10.1. The van der Waals surface area contributed by atoms with Gasteiger partial charge in [0, 0.05) is 11.1 Å². The first-order chi connectivity index (χ1) is 9.20. The van der Waals surface area contributed by atoms with Crippen LogP contribution >= 0.6 is 12.2 Å². The van der Waals surface area contributed by atoms with Crippen molar-refractivity contribution in [2.24, 2.45) is 5.73 Å². The Morgan fingerprint density at radius 3 is 2.42 bits per heavy atom. The molecular weight excluding hydrogens is 258 g/mol. The molecule has 0 amide bonds. The molecule has 0 heterocycles. The van der Waals surface area contributed by atoms with E-state index in [9.17, 15) is 5.11 Å². The summed E-state index contributed by atoms with van der Waals surface area (Å²) in [6.45, 7) is 0.408. The zero-order valence-corrected chi connectivity index (χ0v) is 11.2. The lowest BCUT2D eigenvalue weighted by Gasteiger charge is -2.10. The van der Waals surface area contributed by atoms with E-state index in [1.807, 2.05) is 48.5 Å². The number of ether oxygens (including phenoxy) is 1. The van der Waals surface area contributed by atoms with Crippen LogP contribution in [0.25, 0.3) is 0 Å². The van der Waals surface area contributed by atoms with E-state index in [4.69, 9.17) is 22.7 Å². The standard InChI is InChI=1S/C15H15NO2S/c16-15(19)12-7-5-11(6-8-12)10-18-14-4-2-1-3-13(14)9-17/h1-8,17H,9-10H2,(H2,16,19). The number of hydrogen-bond donors (Lipinski definition) is 2. The zero-order chi connectivity index (χ0) is 13.7. The van der Waals surface area contributed by atoms with Gasteiger partial charge in [-0.2, -0.15) is 0 Å². The van der Waals surface area contributed by atoms with Gasteiger partial charge in [-0.05, 0) is 11.6 Å². The summed E-state index contributed by atoms with van der Waals surface area (Å²) in [5.41, 5.74) is 8.18. The molecule has 2 rings (SSSR count). The van der Waals surface area contributed by atoms with Gasteiger partial charge in [0.1, 0.15) is 17.3 Å². The Labute approximate surface area is 117 Å². The minimum absolute atomic E-state index is 0.0312. The second-order valence-corrected chi connectivity index (χ2v) is 4.56. The summed E-state index contributed by atoms with van der Waals surface area (Å²) in [5, 5.41) is 9.20. The first kappa shape index (κ1) is 13.5. The third-order valence-electron chi connectivity index (χ3n) is 2.78. The maximum atomic E-state index is 9.20. The van der Waals surface area contributed by atoms with Crippen molar-refractivity contribution in [1.82, 2.24) is 0 Å². The van der Waals surface area contributed by atoms with Gasteiger partial charge < -0.3 is 15.6 Å². The molecule has 0 unspecified atom stereocenters. The molecule has 4 heteroatoms. The predicted molar refractivity (Wildman–Crippen MR) is 79.0 cm³/mol. The highest BCUT2D eigenvalue weighted by molar-refractivity contribution is 7.80. The van der Waals surface area contributed by atoms with Crippen molar-refractivity contribution in [1.29, 1.82) is 0 Å². The highest BCUT2D eigenvalue weighted by Gasteiger charge is 2.02. The normalized spacial score (nSPS) is 10.2. The number of hydrogen-bond acceptors (Lipinski definition) is 3. The summed E-state index contributed by atoms with van der Waals surface area (Å²) < 4.78 is 5.69. The van der Waals surface area contributed by atoms with Gasteiger partial charge in [0.2, 0.25) is 0 Å². The van der Waals surface area contributed by atoms with Crippen LogP contribution in [0.1, 0.15) is 16.7 Å². The molecule has 0 radical (unpaired) electrons. The van der Waals surface area contributed by atoms with Gasteiger partial charge >= 0.3 is 0 Å². The van der Waals surface area contributed by atoms with E-state index in [1.54, 1.807) is 0 Å². The van der Waals surface area contributed by atoms with Crippen molar-refractivity contribution < 1.29 is 9.84 Å². The second-order valence-electron chi connectivity index (χ2n) is 4.12. The maximum absolute atomic E-state index is 9.20. The van der Waals surface area contributed by atoms with Crippen molar-refractivity contribution in [2.45, 2.75) is 13.2 Å². The molecule has 0 aromatic heterocycles. The monoisotopic (exact) mass is 273 g/mol. The fraction of sp³-hybridized carbons (Fsp3) is 0.133. The highest BCUT2D eigenvalue weighted by atomic mass is 32.1. The largest absolute Gasteiger partial charge is 0.489 e. The summed E-state index contributed by atoms with van der Waals surface area (Å²) in [6.07, 6.45) is 0.